The van der Waals surface area contributed by atoms with E-state index in [9.17, 15) is 31.2 Å². The topological polar surface area (TPSA) is 104 Å². The van der Waals surface area contributed by atoms with Crippen LogP contribution in [0.3, 0.4) is 0 Å². The van der Waals surface area contributed by atoms with Gasteiger partial charge in [-0.2, -0.15) is 13.2 Å². The third-order valence-corrected chi connectivity index (χ3v) is 4.80. The lowest BCUT2D eigenvalue weighted by atomic mass is 10.3. The van der Waals surface area contributed by atoms with Gasteiger partial charge in [0.25, 0.3) is 10.0 Å². The minimum absolute atomic E-state index is 0.184. The third kappa shape index (κ3) is 5.71. The van der Waals surface area contributed by atoms with E-state index in [2.05, 4.69) is 10.0 Å². The predicted octanol–water partition coefficient (Wildman–Crippen LogP) is 3.34. The lowest BCUT2D eigenvalue weighted by molar-refractivity contribution is -0.167. The molecule has 0 spiro atoms. The number of sulfonamides is 1. The zero-order valence-electron chi connectivity index (χ0n) is 14.5. The van der Waals surface area contributed by atoms with Crippen LogP contribution in [0, 0.1) is 0 Å². The standard InChI is InChI=1S/C17H16F3N3O4S/c1-2-15(24)21-12-4-3-5-13(10-12)23-28(26,27)14-8-6-11(7-9-14)22-16(25)17(18,19)20/h3-10,23H,2H2,1H3,(H,21,24)(H,22,25). The minimum Gasteiger partial charge on any atom is -0.326 e. The van der Waals surface area contributed by atoms with E-state index >= 15 is 0 Å². The summed E-state index contributed by atoms with van der Waals surface area (Å²) in [4.78, 5) is 22.1. The molecule has 0 aliphatic rings. The normalized spacial score (nSPS) is 11.6. The summed E-state index contributed by atoms with van der Waals surface area (Å²) >= 11 is 0. The fraction of sp³-hybridized carbons (Fsp3) is 0.176. The number of anilines is 3. The zero-order valence-corrected chi connectivity index (χ0v) is 15.3. The molecule has 2 amide bonds. The first-order valence-electron chi connectivity index (χ1n) is 7.92. The molecule has 2 aromatic carbocycles. The monoisotopic (exact) mass is 415 g/mol. The third-order valence-electron chi connectivity index (χ3n) is 3.40. The van der Waals surface area contributed by atoms with Crippen LogP contribution in [0.15, 0.2) is 53.4 Å². The van der Waals surface area contributed by atoms with Gasteiger partial charge in [-0.05, 0) is 42.5 Å². The zero-order chi connectivity index (χ0) is 20.9. The van der Waals surface area contributed by atoms with Gasteiger partial charge >= 0.3 is 12.1 Å². The Bertz CT molecular complexity index is 974. The van der Waals surface area contributed by atoms with Crippen LogP contribution in [0.5, 0.6) is 0 Å². The number of alkyl halides is 3. The maximum Gasteiger partial charge on any atom is 0.471 e. The van der Waals surface area contributed by atoms with Crippen LogP contribution in [0.2, 0.25) is 0 Å². The molecule has 3 N–H and O–H groups in total. The van der Waals surface area contributed by atoms with E-state index in [1.807, 2.05) is 0 Å². The summed E-state index contributed by atoms with van der Waals surface area (Å²) in [5.74, 6) is -2.40. The van der Waals surface area contributed by atoms with Crippen LogP contribution >= 0.6 is 0 Å². The highest BCUT2D eigenvalue weighted by atomic mass is 32.2. The van der Waals surface area contributed by atoms with Crippen molar-refractivity contribution >= 4 is 38.9 Å². The number of hydrogen-bond donors (Lipinski definition) is 3. The fourth-order valence-electron chi connectivity index (χ4n) is 2.04. The molecule has 0 radical (unpaired) electrons. The van der Waals surface area contributed by atoms with Crippen molar-refractivity contribution in [3.05, 3.63) is 48.5 Å². The van der Waals surface area contributed by atoms with Crippen molar-refractivity contribution in [2.45, 2.75) is 24.4 Å². The van der Waals surface area contributed by atoms with E-state index in [1.165, 1.54) is 12.1 Å². The highest BCUT2D eigenvalue weighted by Gasteiger charge is 2.38. The van der Waals surface area contributed by atoms with Crippen molar-refractivity contribution in [3.8, 4) is 0 Å². The SMILES string of the molecule is CCC(=O)Nc1cccc(NS(=O)(=O)c2ccc(NC(=O)C(F)(F)F)cc2)c1. The van der Waals surface area contributed by atoms with Crippen molar-refractivity contribution in [3.63, 3.8) is 0 Å². The molecule has 0 saturated carbocycles. The largest absolute Gasteiger partial charge is 0.471 e. The van der Waals surface area contributed by atoms with Gasteiger partial charge in [0.05, 0.1) is 10.6 Å². The second kappa shape index (κ2) is 8.30. The van der Waals surface area contributed by atoms with E-state index in [0.717, 1.165) is 24.3 Å². The van der Waals surface area contributed by atoms with Gasteiger partial charge in [0, 0.05) is 17.8 Å². The summed E-state index contributed by atoms with van der Waals surface area (Å²) in [7, 11) is -4.04. The smallest absolute Gasteiger partial charge is 0.326 e. The van der Waals surface area contributed by atoms with Gasteiger partial charge in [-0.3, -0.25) is 14.3 Å². The number of benzene rings is 2. The molecule has 0 aromatic heterocycles. The molecule has 0 fully saturated rings. The Kier molecular flexibility index (Phi) is 6.29. The van der Waals surface area contributed by atoms with E-state index in [4.69, 9.17) is 0 Å². The fourth-order valence-corrected chi connectivity index (χ4v) is 3.09. The average Bonchev–Trinajstić information content (AvgIpc) is 2.61. The van der Waals surface area contributed by atoms with E-state index in [1.54, 1.807) is 24.4 Å². The van der Waals surface area contributed by atoms with Crippen molar-refractivity contribution in [1.29, 1.82) is 0 Å². The lowest BCUT2D eigenvalue weighted by Crippen LogP contribution is -2.29. The summed E-state index contributed by atoms with van der Waals surface area (Å²) in [5.41, 5.74) is 0.381. The number of hydrogen-bond acceptors (Lipinski definition) is 4. The Balaban J connectivity index is 2.14. The minimum atomic E-state index is -5.05. The Hall–Kier alpha value is -3.08. The Morgan fingerprint density at radius 1 is 0.929 bits per heavy atom. The number of carbonyl (C=O) groups excluding carboxylic acids is 2. The maximum atomic E-state index is 12.4. The first-order valence-corrected chi connectivity index (χ1v) is 9.40. The molecular weight excluding hydrogens is 399 g/mol. The van der Waals surface area contributed by atoms with Crippen molar-refractivity contribution in [2.24, 2.45) is 0 Å². The summed E-state index contributed by atoms with van der Waals surface area (Å²) < 4.78 is 63.8. The van der Waals surface area contributed by atoms with Gasteiger partial charge in [0.2, 0.25) is 5.91 Å². The van der Waals surface area contributed by atoms with Crippen molar-refractivity contribution < 1.29 is 31.2 Å². The summed E-state index contributed by atoms with van der Waals surface area (Å²) in [6.07, 6.45) is -4.79. The maximum absolute atomic E-state index is 12.4. The molecule has 7 nitrogen and oxygen atoms in total. The second-order valence-corrected chi connectivity index (χ2v) is 7.25. The number of halogens is 3. The van der Waals surface area contributed by atoms with Gasteiger partial charge in [-0.25, -0.2) is 8.42 Å². The second-order valence-electron chi connectivity index (χ2n) is 5.56. The van der Waals surface area contributed by atoms with E-state index in [0.29, 0.717) is 5.69 Å². The van der Waals surface area contributed by atoms with Gasteiger partial charge in [-0.15, -0.1) is 0 Å². The number of carbonyl (C=O) groups is 2. The van der Waals surface area contributed by atoms with E-state index in [-0.39, 0.29) is 28.6 Å². The molecule has 0 unspecified atom stereocenters. The van der Waals surface area contributed by atoms with Gasteiger partial charge in [-0.1, -0.05) is 13.0 Å². The molecule has 0 saturated heterocycles. The number of rotatable bonds is 6. The number of amides is 2. The van der Waals surface area contributed by atoms with Crippen LogP contribution in [0.1, 0.15) is 13.3 Å². The first-order chi connectivity index (χ1) is 13.0. The molecule has 0 atom stereocenters. The molecule has 2 aromatic rings. The lowest BCUT2D eigenvalue weighted by Gasteiger charge is -2.11. The highest BCUT2D eigenvalue weighted by molar-refractivity contribution is 7.92. The van der Waals surface area contributed by atoms with Crippen LogP contribution in [0.25, 0.3) is 0 Å². The van der Waals surface area contributed by atoms with E-state index < -0.39 is 22.1 Å². The molecule has 0 heterocycles. The van der Waals surface area contributed by atoms with Gasteiger partial charge in [0.1, 0.15) is 0 Å². The summed E-state index contributed by atoms with van der Waals surface area (Å²) in [5, 5.41) is 4.21. The van der Waals surface area contributed by atoms with Crippen LogP contribution < -0.4 is 15.4 Å². The van der Waals surface area contributed by atoms with Crippen LogP contribution in [-0.2, 0) is 19.6 Å². The Labute approximate surface area is 159 Å². The molecule has 11 heteroatoms. The summed E-state index contributed by atoms with van der Waals surface area (Å²) in [6, 6.07) is 10.2. The van der Waals surface area contributed by atoms with Gasteiger partial charge in [0.15, 0.2) is 0 Å². The average molecular weight is 415 g/mol. The highest BCUT2D eigenvalue weighted by Crippen LogP contribution is 2.22. The van der Waals surface area contributed by atoms with Crippen LogP contribution in [-0.4, -0.2) is 26.4 Å². The molecule has 150 valence electrons. The number of nitrogens with one attached hydrogen (secondary N) is 3. The Morgan fingerprint density at radius 2 is 1.54 bits per heavy atom. The molecule has 0 bridgehead atoms. The molecule has 0 aliphatic carbocycles. The molecular formula is C17H16F3N3O4S. The van der Waals surface area contributed by atoms with Crippen LogP contribution in [0.4, 0.5) is 30.2 Å². The van der Waals surface area contributed by atoms with Crippen molar-refractivity contribution in [1.82, 2.24) is 0 Å². The quantitative estimate of drug-likeness (QED) is 0.673. The molecule has 28 heavy (non-hydrogen) atoms. The summed E-state index contributed by atoms with van der Waals surface area (Å²) in [6.45, 7) is 1.67. The molecule has 2 rings (SSSR count). The Morgan fingerprint density at radius 3 is 2.11 bits per heavy atom. The van der Waals surface area contributed by atoms with Crippen molar-refractivity contribution in [2.75, 3.05) is 15.4 Å². The first kappa shape index (κ1) is 21.2. The molecule has 0 aliphatic heterocycles. The predicted molar refractivity (Wildman–Crippen MR) is 97.3 cm³/mol. The van der Waals surface area contributed by atoms with Gasteiger partial charge < -0.3 is 10.6 Å².